The van der Waals surface area contributed by atoms with Gasteiger partial charge in [0, 0.05) is 32.0 Å². The number of likely N-dealkylation sites (tertiary alicyclic amines) is 1. The number of nitrogens with zero attached hydrogens (tertiary/aromatic N) is 3. The smallest absolute Gasteiger partial charge is 0.409 e. The number of nitrogens with one attached hydrogen (secondary N) is 3. The van der Waals surface area contributed by atoms with Crippen LogP contribution in [0.2, 0.25) is 0 Å². The number of ether oxygens (including phenoxy) is 1. The molecule has 1 aliphatic heterocycles. The van der Waals surface area contributed by atoms with E-state index in [1.165, 1.54) is 23.6 Å². The molecule has 2 saturated carbocycles. The molecular formula is C33H46N6O7. The first-order valence-corrected chi connectivity index (χ1v) is 16.1. The Morgan fingerprint density at radius 2 is 1.87 bits per heavy atom. The summed E-state index contributed by atoms with van der Waals surface area (Å²) < 4.78 is 6.40. The van der Waals surface area contributed by atoms with Gasteiger partial charge in [-0.1, -0.05) is 38.3 Å². The quantitative estimate of drug-likeness (QED) is 0.234. The molecule has 0 spiro atoms. The van der Waals surface area contributed by atoms with Crippen molar-refractivity contribution < 1.29 is 34.1 Å². The highest BCUT2D eigenvalue weighted by molar-refractivity contribution is 6.01. The molecule has 5 rings (SSSR count). The second-order valence-electron chi connectivity index (χ2n) is 13.5. The third-order valence-corrected chi connectivity index (χ3v) is 10.4. The molecule has 1 aromatic heterocycles. The Morgan fingerprint density at radius 1 is 1.13 bits per heavy atom. The number of amides is 4. The number of rotatable bonds is 12. The maximum Gasteiger partial charge on any atom is 0.409 e. The van der Waals surface area contributed by atoms with E-state index >= 15 is 0 Å². The van der Waals surface area contributed by atoms with Crippen molar-refractivity contribution in [2.45, 2.75) is 76.0 Å². The van der Waals surface area contributed by atoms with E-state index in [9.17, 15) is 29.4 Å². The number of benzene rings is 1. The van der Waals surface area contributed by atoms with Gasteiger partial charge >= 0.3 is 6.09 Å². The number of carbonyl (C=O) groups excluding carboxylic acids is 4. The number of hydrogen-bond donors (Lipinski definition) is 5. The van der Waals surface area contributed by atoms with Crippen LogP contribution in [0.4, 0.5) is 10.5 Å². The van der Waals surface area contributed by atoms with Gasteiger partial charge in [-0.05, 0) is 67.2 Å². The Bertz CT molecular complexity index is 1450. The van der Waals surface area contributed by atoms with Crippen molar-refractivity contribution in [3.8, 4) is 0 Å². The van der Waals surface area contributed by atoms with Gasteiger partial charge < -0.3 is 35.8 Å². The summed E-state index contributed by atoms with van der Waals surface area (Å²) in [6.45, 7) is 3.45. The number of anilines is 1. The van der Waals surface area contributed by atoms with E-state index in [4.69, 9.17) is 4.74 Å². The highest BCUT2D eigenvalue weighted by atomic mass is 16.5. The molecule has 3 aliphatic rings. The predicted molar refractivity (Wildman–Crippen MR) is 169 cm³/mol. The lowest BCUT2D eigenvalue weighted by atomic mass is 9.66. The summed E-state index contributed by atoms with van der Waals surface area (Å²) in [5.74, 6) is -0.894. The van der Waals surface area contributed by atoms with E-state index in [1.807, 2.05) is 0 Å². The van der Waals surface area contributed by atoms with Gasteiger partial charge in [0.15, 0.2) is 0 Å². The van der Waals surface area contributed by atoms with Crippen molar-refractivity contribution in [3.05, 3.63) is 47.8 Å². The molecule has 250 valence electrons. The van der Waals surface area contributed by atoms with Gasteiger partial charge in [0.2, 0.25) is 11.8 Å². The van der Waals surface area contributed by atoms with E-state index in [-0.39, 0.29) is 42.7 Å². The number of methoxy groups -OCH3 is 1. The zero-order valence-corrected chi connectivity index (χ0v) is 27.0. The standard InChI is InChI=1S/C33H46N6O7/c1-20(41)24(18-40)36-30(44)33(14-16-39(19-33)31(45)46-4)22-9-6-10-23(17-22)35-29(43)27(37-28(42)25-11-15-34-38(25)3)26(21-7-5-8-21)32(2)12-13-32/h6,9-11,15,17,20-21,24,26-27,40-41H,5,7-8,12-14,16,18-19H2,1-4H3,(H,35,43)(H,36,44)(H,37,42)/t20-,24+,26?,27-,33?/m0/s1. The first-order valence-electron chi connectivity index (χ1n) is 16.1. The van der Waals surface area contributed by atoms with E-state index < -0.39 is 42.2 Å². The lowest BCUT2D eigenvalue weighted by Gasteiger charge is -2.42. The SMILES string of the molecule is COC(=O)N1CCC(C(=O)N[C@H](CO)[C@H](C)O)(c2cccc(NC(=O)[C@@H](NC(=O)c3ccnn3C)C(C3CCC3)C3(C)CC3)c2)C1. The summed E-state index contributed by atoms with van der Waals surface area (Å²) in [6, 6.07) is 6.85. The Kier molecular flexibility index (Phi) is 9.73. The Balaban J connectivity index is 1.45. The molecule has 4 amide bonds. The van der Waals surface area contributed by atoms with E-state index in [0.29, 0.717) is 22.9 Å². The van der Waals surface area contributed by atoms with E-state index in [1.54, 1.807) is 43.6 Å². The van der Waals surface area contributed by atoms with Gasteiger partial charge in [-0.3, -0.25) is 19.1 Å². The molecule has 5 atom stereocenters. The normalized spacial score (nSPS) is 23.0. The molecule has 1 aromatic carbocycles. The summed E-state index contributed by atoms with van der Waals surface area (Å²) in [7, 11) is 2.96. The Morgan fingerprint density at radius 3 is 2.43 bits per heavy atom. The molecule has 1 saturated heterocycles. The minimum Gasteiger partial charge on any atom is -0.453 e. The summed E-state index contributed by atoms with van der Waals surface area (Å²) in [4.78, 5) is 55.4. The zero-order chi connectivity index (χ0) is 33.2. The Hall–Kier alpha value is -3.97. The lowest BCUT2D eigenvalue weighted by molar-refractivity contribution is -0.128. The number of aryl methyl sites for hydroxylation is 1. The van der Waals surface area contributed by atoms with Gasteiger partial charge in [-0.25, -0.2) is 4.79 Å². The van der Waals surface area contributed by atoms with Gasteiger partial charge in [0.05, 0.1) is 31.3 Å². The largest absolute Gasteiger partial charge is 0.453 e. The summed E-state index contributed by atoms with van der Waals surface area (Å²) >= 11 is 0. The molecule has 2 aromatic rings. The third-order valence-electron chi connectivity index (χ3n) is 10.4. The van der Waals surface area contributed by atoms with Gasteiger partial charge in [0.25, 0.3) is 5.91 Å². The highest BCUT2D eigenvalue weighted by Gasteiger charge is 2.54. The average molecular weight is 639 g/mol. The number of aliphatic hydroxyl groups excluding tert-OH is 2. The number of carbonyl (C=O) groups is 4. The van der Waals surface area contributed by atoms with Crippen molar-refractivity contribution in [3.63, 3.8) is 0 Å². The molecule has 13 heteroatoms. The Labute approximate surface area is 269 Å². The molecule has 3 fully saturated rings. The molecule has 13 nitrogen and oxygen atoms in total. The summed E-state index contributed by atoms with van der Waals surface area (Å²) in [5, 5.41) is 32.8. The van der Waals surface area contributed by atoms with Crippen molar-refractivity contribution in [2.75, 3.05) is 32.1 Å². The van der Waals surface area contributed by atoms with Crippen LogP contribution >= 0.6 is 0 Å². The number of aliphatic hydroxyl groups is 2. The molecule has 2 aliphatic carbocycles. The minimum absolute atomic E-state index is 0.00631. The van der Waals surface area contributed by atoms with E-state index in [0.717, 1.165) is 32.1 Å². The predicted octanol–water partition coefficient (Wildman–Crippen LogP) is 1.94. The first-order chi connectivity index (χ1) is 21.9. The van der Waals surface area contributed by atoms with Crippen LogP contribution in [-0.2, 0) is 26.8 Å². The molecule has 5 N–H and O–H groups in total. The fraction of sp³-hybridized carbons (Fsp3) is 0.606. The summed E-state index contributed by atoms with van der Waals surface area (Å²) in [6.07, 6.45) is 5.32. The van der Waals surface area contributed by atoms with Gasteiger partial charge in [-0.15, -0.1) is 0 Å². The summed E-state index contributed by atoms with van der Waals surface area (Å²) in [5.41, 5.74) is 0.0619. The molecule has 0 radical (unpaired) electrons. The maximum absolute atomic E-state index is 14.2. The van der Waals surface area contributed by atoms with Crippen LogP contribution < -0.4 is 16.0 Å². The molecule has 46 heavy (non-hydrogen) atoms. The van der Waals surface area contributed by atoms with Crippen LogP contribution in [0.1, 0.15) is 68.4 Å². The van der Waals surface area contributed by atoms with Crippen molar-refractivity contribution in [1.82, 2.24) is 25.3 Å². The topological polar surface area (TPSA) is 175 Å². The highest BCUT2D eigenvalue weighted by Crippen LogP contribution is 2.58. The fourth-order valence-electron chi connectivity index (χ4n) is 7.09. The van der Waals surface area contributed by atoms with Crippen LogP contribution in [0.3, 0.4) is 0 Å². The van der Waals surface area contributed by atoms with Crippen LogP contribution in [0.5, 0.6) is 0 Å². The number of aromatic nitrogens is 2. The first kappa shape index (κ1) is 33.4. The van der Waals surface area contributed by atoms with Gasteiger partial charge in [-0.2, -0.15) is 5.10 Å². The molecule has 2 unspecified atom stereocenters. The zero-order valence-electron chi connectivity index (χ0n) is 27.0. The second-order valence-corrected chi connectivity index (χ2v) is 13.5. The minimum atomic E-state index is -1.24. The maximum atomic E-state index is 14.2. The van der Waals surface area contributed by atoms with Crippen molar-refractivity contribution in [2.24, 2.45) is 24.3 Å². The van der Waals surface area contributed by atoms with Crippen molar-refractivity contribution >= 4 is 29.5 Å². The average Bonchev–Trinajstić information content (AvgIpc) is 3.37. The van der Waals surface area contributed by atoms with Crippen LogP contribution in [-0.4, -0.2) is 93.7 Å². The second kappa shape index (κ2) is 13.4. The lowest BCUT2D eigenvalue weighted by Crippen LogP contribution is -2.54. The number of hydrogen-bond acceptors (Lipinski definition) is 8. The molecule has 0 bridgehead atoms. The molecular weight excluding hydrogens is 592 g/mol. The van der Waals surface area contributed by atoms with E-state index in [2.05, 4.69) is 28.0 Å². The van der Waals surface area contributed by atoms with Gasteiger partial charge in [0.1, 0.15) is 11.7 Å². The van der Waals surface area contributed by atoms with Crippen LogP contribution in [0.25, 0.3) is 0 Å². The monoisotopic (exact) mass is 638 g/mol. The fourth-order valence-corrected chi connectivity index (χ4v) is 7.09. The third kappa shape index (κ3) is 6.61. The van der Waals surface area contributed by atoms with Crippen LogP contribution in [0, 0.1) is 17.3 Å². The van der Waals surface area contributed by atoms with Crippen LogP contribution in [0.15, 0.2) is 36.5 Å². The van der Waals surface area contributed by atoms with Crippen molar-refractivity contribution in [1.29, 1.82) is 0 Å². The molecule has 2 heterocycles.